The van der Waals surface area contributed by atoms with E-state index >= 15 is 0 Å². The molecule has 0 spiro atoms. The van der Waals surface area contributed by atoms with E-state index in [9.17, 15) is 8.78 Å². The molecule has 1 fully saturated rings. The molecule has 128 valence electrons. The monoisotopic (exact) mass is 328 g/mol. The molecule has 1 aliphatic carbocycles. The minimum Gasteiger partial charge on any atom is -0.203 e. The molecule has 0 atom stereocenters. The van der Waals surface area contributed by atoms with Crippen LogP contribution >= 0.6 is 0 Å². The average Bonchev–Trinajstić information content (AvgIpc) is 2.58. The summed E-state index contributed by atoms with van der Waals surface area (Å²) in [6.07, 6.45) is 4.12. The Labute approximate surface area is 143 Å². The van der Waals surface area contributed by atoms with Crippen LogP contribution in [0.5, 0.6) is 0 Å². The van der Waals surface area contributed by atoms with Gasteiger partial charge in [-0.15, -0.1) is 0 Å². The Hall–Kier alpha value is -1.70. The first-order valence-electron chi connectivity index (χ1n) is 9.05. The Morgan fingerprint density at radius 2 is 1.46 bits per heavy atom. The van der Waals surface area contributed by atoms with Gasteiger partial charge in [-0.3, -0.25) is 0 Å². The van der Waals surface area contributed by atoms with E-state index in [0.717, 1.165) is 31.2 Å². The van der Waals surface area contributed by atoms with Gasteiger partial charge in [0.15, 0.2) is 11.6 Å². The molecule has 0 heterocycles. The smallest absolute Gasteiger partial charge is 0.166 e. The van der Waals surface area contributed by atoms with Crippen molar-refractivity contribution in [1.82, 2.24) is 0 Å². The molecule has 0 bridgehead atoms. The second-order valence-electron chi connectivity index (χ2n) is 7.56. The second-order valence-corrected chi connectivity index (χ2v) is 7.56. The Bertz CT molecular complexity index is 693. The fraction of sp³-hybridized carbons (Fsp3) is 0.455. The molecule has 24 heavy (non-hydrogen) atoms. The maximum Gasteiger partial charge on any atom is 0.166 e. The molecule has 1 saturated carbocycles. The Balaban J connectivity index is 1.89. The van der Waals surface area contributed by atoms with Crippen molar-refractivity contribution in [3.63, 3.8) is 0 Å². The number of hydrogen-bond acceptors (Lipinski definition) is 0. The molecule has 0 radical (unpaired) electrons. The van der Waals surface area contributed by atoms with Crippen LogP contribution in [0.3, 0.4) is 0 Å². The first-order valence-corrected chi connectivity index (χ1v) is 9.05. The fourth-order valence-electron chi connectivity index (χ4n) is 3.72. The summed E-state index contributed by atoms with van der Waals surface area (Å²) in [4.78, 5) is 0. The van der Waals surface area contributed by atoms with Crippen LogP contribution in [-0.4, -0.2) is 0 Å². The summed E-state index contributed by atoms with van der Waals surface area (Å²) in [5, 5.41) is 0. The van der Waals surface area contributed by atoms with Crippen LogP contribution in [0.25, 0.3) is 11.1 Å². The van der Waals surface area contributed by atoms with Gasteiger partial charge in [-0.05, 0) is 47.3 Å². The molecule has 0 aromatic heterocycles. The van der Waals surface area contributed by atoms with Crippen molar-refractivity contribution in [1.29, 1.82) is 0 Å². The molecule has 1 aliphatic rings. The van der Waals surface area contributed by atoms with Gasteiger partial charge in [-0.25, -0.2) is 8.78 Å². The minimum absolute atomic E-state index is 0.160. The summed E-state index contributed by atoms with van der Waals surface area (Å²) >= 11 is 0. The molecule has 0 aliphatic heterocycles. The van der Waals surface area contributed by atoms with Crippen LogP contribution in [0, 0.1) is 17.6 Å². The molecule has 2 heteroatoms. The largest absolute Gasteiger partial charge is 0.203 e. The highest BCUT2D eigenvalue weighted by Gasteiger charge is 2.25. The maximum absolute atomic E-state index is 14.7. The van der Waals surface area contributed by atoms with E-state index in [2.05, 4.69) is 20.8 Å². The van der Waals surface area contributed by atoms with Crippen molar-refractivity contribution in [3.8, 4) is 11.1 Å². The topological polar surface area (TPSA) is 0 Å². The van der Waals surface area contributed by atoms with E-state index in [1.165, 1.54) is 5.56 Å². The molecule has 0 N–H and O–H groups in total. The predicted molar refractivity (Wildman–Crippen MR) is 96.3 cm³/mol. The molecule has 2 aromatic carbocycles. The third kappa shape index (κ3) is 3.38. The van der Waals surface area contributed by atoms with Gasteiger partial charge >= 0.3 is 0 Å². The molecule has 3 rings (SSSR count). The molecule has 0 nitrogen and oxygen atoms in total. The number of benzene rings is 2. The van der Waals surface area contributed by atoms with E-state index in [1.807, 2.05) is 24.3 Å². The summed E-state index contributed by atoms with van der Waals surface area (Å²) in [6.45, 7) is 6.47. The van der Waals surface area contributed by atoms with Gasteiger partial charge in [-0.2, -0.15) is 0 Å². The SMILES string of the molecule is CC1CCC(c2ccc(-c3ccc(C(C)C)cc3)c(F)c2F)CC1. The van der Waals surface area contributed by atoms with Gasteiger partial charge in [0, 0.05) is 5.56 Å². The van der Waals surface area contributed by atoms with E-state index in [4.69, 9.17) is 0 Å². The quantitative estimate of drug-likeness (QED) is 0.566. The normalized spacial score (nSPS) is 21.2. The Morgan fingerprint density at radius 1 is 0.833 bits per heavy atom. The summed E-state index contributed by atoms with van der Waals surface area (Å²) in [5.41, 5.74) is 2.85. The highest BCUT2D eigenvalue weighted by molar-refractivity contribution is 5.65. The second kappa shape index (κ2) is 7.04. The van der Waals surface area contributed by atoms with Crippen molar-refractivity contribution in [2.45, 2.75) is 58.3 Å². The molecule has 0 amide bonds. The lowest BCUT2D eigenvalue weighted by Crippen LogP contribution is -2.13. The van der Waals surface area contributed by atoms with Crippen molar-refractivity contribution < 1.29 is 8.78 Å². The van der Waals surface area contributed by atoms with Crippen LogP contribution in [0.4, 0.5) is 8.78 Å². The van der Waals surface area contributed by atoms with Crippen LogP contribution in [0.2, 0.25) is 0 Å². The van der Waals surface area contributed by atoms with Crippen molar-refractivity contribution in [2.24, 2.45) is 5.92 Å². The van der Waals surface area contributed by atoms with Crippen LogP contribution < -0.4 is 0 Å². The van der Waals surface area contributed by atoms with Gasteiger partial charge in [0.25, 0.3) is 0 Å². The molecular formula is C22H26F2. The Morgan fingerprint density at radius 3 is 2.04 bits per heavy atom. The maximum atomic E-state index is 14.7. The van der Waals surface area contributed by atoms with E-state index in [1.54, 1.807) is 12.1 Å². The molecule has 0 saturated heterocycles. The number of rotatable bonds is 3. The first kappa shape index (κ1) is 17.1. The molecular weight excluding hydrogens is 302 g/mol. The molecule has 0 unspecified atom stereocenters. The van der Waals surface area contributed by atoms with E-state index < -0.39 is 11.6 Å². The summed E-state index contributed by atoms with van der Waals surface area (Å²) in [6, 6.07) is 11.3. The lowest BCUT2D eigenvalue weighted by atomic mass is 9.79. The number of hydrogen-bond donors (Lipinski definition) is 0. The van der Waals surface area contributed by atoms with E-state index in [0.29, 0.717) is 23.0 Å². The third-order valence-electron chi connectivity index (χ3n) is 5.46. The van der Waals surface area contributed by atoms with Crippen LogP contribution in [0.1, 0.15) is 69.4 Å². The van der Waals surface area contributed by atoms with Gasteiger partial charge in [0.05, 0.1) is 0 Å². The van der Waals surface area contributed by atoms with Gasteiger partial charge < -0.3 is 0 Å². The van der Waals surface area contributed by atoms with Crippen molar-refractivity contribution in [3.05, 3.63) is 59.2 Å². The Kier molecular flexibility index (Phi) is 5.03. The lowest BCUT2D eigenvalue weighted by Gasteiger charge is -2.27. The lowest BCUT2D eigenvalue weighted by molar-refractivity contribution is 0.339. The standard InChI is InChI=1S/C22H26F2/c1-14(2)16-8-10-18(11-9-16)20-13-12-19(21(23)22(20)24)17-6-4-15(3)5-7-17/h8-15,17H,4-7H2,1-3H3. The minimum atomic E-state index is -0.705. The number of halogens is 2. The van der Waals surface area contributed by atoms with Crippen molar-refractivity contribution >= 4 is 0 Å². The zero-order valence-corrected chi connectivity index (χ0v) is 14.8. The summed E-state index contributed by atoms with van der Waals surface area (Å²) < 4.78 is 29.3. The van der Waals surface area contributed by atoms with Gasteiger partial charge in [0.1, 0.15) is 0 Å². The fourth-order valence-corrected chi connectivity index (χ4v) is 3.72. The van der Waals surface area contributed by atoms with Crippen LogP contribution in [0.15, 0.2) is 36.4 Å². The summed E-state index contributed by atoms with van der Waals surface area (Å²) in [5.74, 6) is -0.0684. The van der Waals surface area contributed by atoms with E-state index in [-0.39, 0.29) is 5.92 Å². The van der Waals surface area contributed by atoms with Gasteiger partial charge in [-0.1, -0.05) is 70.0 Å². The summed E-state index contributed by atoms with van der Waals surface area (Å²) in [7, 11) is 0. The zero-order chi connectivity index (χ0) is 17.3. The zero-order valence-electron chi connectivity index (χ0n) is 14.8. The highest BCUT2D eigenvalue weighted by atomic mass is 19.2. The van der Waals surface area contributed by atoms with Crippen molar-refractivity contribution in [2.75, 3.05) is 0 Å². The third-order valence-corrected chi connectivity index (χ3v) is 5.46. The first-order chi connectivity index (χ1) is 11.5. The highest BCUT2D eigenvalue weighted by Crippen LogP contribution is 2.38. The van der Waals surface area contributed by atoms with Gasteiger partial charge in [0.2, 0.25) is 0 Å². The predicted octanol–water partition coefficient (Wildman–Crippen LogP) is 7.05. The average molecular weight is 328 g/mol. The van der Waals surface area contributed by atoms with Crippen LogP contribution in [-0.2, 0) is 0 Å². The molecule has 2 aromatic rings.